The number of anilines is 2. The summed E-state index contributed by atoms with van der Waals surface area (Å²) in [6.07, 6.45) is 1.07. The standard InChI is InChI=1S/C14H15N.C8H11NO4S/c1-3-7-13(8-4-1)11-12-15-14-9-5-2-6-10-14;1-2-13-8-4-3-6(5-7(8)9)14(10,11)12/h1-10,15H,11-12H2;3-5H,2,9H2,1H3,(H,10,11,12). The van der Waals surface area contributed by atoms with Crippen LogP contribution in [0.4, 0.5) is 11.4 Å². The van der Waals surface area contributed by atoms with Crippen LogP contribution in [-0.2, 0) is 16.5 Å². The smallest absolute Gasteiger partial charge is 0.294 e. The highest BCUT2D eigenvalue weighted by Crippen LogP contribution is 2.24. The van der Waals surface area contributed by atoms with E-state index in [1.54, 1.807) is 6.92 Å². The van der Waals surface area contributed by atoms with Gasteiger partial charge in [0.15, 0.2) is 0 Å². The highest BCUT2D eigenvalue weighted by molar-refractivity contribution is 7.85. The maximum atomic E-state index is 10.7. The average molecular weight is 415 g/mol. The minimum Gasteiger partial charge on any atom is -0.492 e. The Balaban J connectivity index is 0.000000208. The minimum absolute atomic E-state index is 0.182. The van der Waals surface area contributed by atoms with E-state index in [4.69, 9.17) is 15.0 Å². The first-order valence-corrected chi connectivity index (χ1v) is 10.7. The van der Waals surface area contributed by atoms with Gasteiger partial charge in [-0.25, -0.2) is 0 Å². The van der Waals surface area contributed by atoms with Crippen molar-refractivity contribution in [1.29, 1.82) is 0 Å². The van der Waals surface area contributed by atoms with E-state index < -0.39 is 10.1 Å². The molecule has 3 rings (SSSR count). The van der Waals surface area contributed by atoms with Crippen LogP contribution in [0.3, 0.4) is 0 Å². The topological polar surface area (TPSA) is 102 Å². The van der Waals surface area contributed by atoms with Gasteiger partial charge in [-0.1, -0.05) is 48.5 Å². The third-order valence-corrected chi connectivity index (χ3v) is 4.79. The summed E-state index contributed by atoms with van der Waals surface area (Å²) < 4.78 is 35.2. The van der Waals surface area contributed by atoms with Gasteiger partial charge in [-0.05, 0) is 49.2 Å². The lowest BCUT2D eigenvalue weighted by Gasteiger charge is -2.07. The molecule has 0 fully saturated rings. The molecule has 0 heterocycles. The van der Waals surface area contributed by atoms with Gasteiger partial charge >= 0.3 is 0 Å². The second kappa shape index (κ2) is 11.1. The molecule has 0 spiro atoms. The van der Waals surface area contributed by atoms with Gasteiger partial charge in [-0.2, -0.15) is 8.42 Å². The molecule has 7 heteroatoms. The van der Waals surface area contributed by atoms with Crippen molar-refractivity contribution in [3.8, 4) is 5.75 Å². The van der Waals surface area contributed by atoms with Crippen LogP contribution in [-0.4, -0.2) is 26.1 Å². The first kappa shape index (κ1) is 22.3. The third-order valence-electron chi connectivity index (χ3n) is 3.94. The van der Waals surface area contributed by atoms with Crippen LogP contribution in [0.5, 0.6) is 5.75 Å². The van der Waals surface area contributed by atoms with Crippen LogP contribution in [0.15, 0.2) is 83.8 Å². The summed E-state index contributed by atoms with van der Waals surface area (Å²) in [4.78, 5) is -0.238. The molecule has 0 unspecified atom stereocenters. The molecule has 0 aromatic heterocycles. The zero-order valence-corrected chi connectivity index (χ0v) is 17.1. The SMILES string of the molecule is CCOc1ccc(S(=O)(=O)O)cc1N.c1ccc(CCNc2ccccc2)cc1. The molecule has 0 bridgehead atoms. The number of nitrogen functional groups attached to an aromatic ring is 1. The summed E-state index contributed by atoms with van der Waals surface area (Å²) in [7, 11) is -4.19. The Labute approximate surface area is 172 Å². The molecule has 0 saturated carbocycles. The van der Waals surface area contributed by atoms with E-state index in [2.05, 4.69) is 41.7 Å². The molecule has 3 aromatic rings. The van der Waals surface area contributed by atoms with Crippen molar-refractivity contribution >= 4 is 21.5 Å². The molecule has 0 radical (unpaired) electrons. The summed E-state index contributed by atoms with van der Waals surface area (Å²) in [5.41, 5.74) is 8.25. The lowest BCUT2D eigenvalue weighted by Crippen LogP contribution is -2.04. The van der Waals surface area contributed by atoms with Crippen LogP contribution in [0.2, 0.25) is 0 Å². The van der Waals surface area contributed by atoms with Gasteiger partial charge in [0.05, 0.1) is 17.2 Å². The second-order valence-electron chi connectivity index (χ2n) is 6.14. The Bertz CT molecular complexity index is 939. The largest absolute Gasteiger partial charge is 0.492 e. The summed E-state index contributed by atoms with van der Waals surface area (Å²) in [5, 5.41) is 3.39. The molecule has 0 aliphatic carbocycles. The number of ether oxygens (including phenoxy) is 1. The first-order valence-electron chi connectivity index (χ1n) is 9.23. The molecular weight excluding hydrogens is 388 g/mol. The predicted molar refractivity (Wildman–Crippen MR) is 117 cm³/mol. The molecule has 3 aromatic carbocycles. The number of hydrogen-bond donors (Lipinski definition) is 3. The van der Waals surface area contributed by atoms with Crippen molar-refractivity contribution in [3.63, 3.8) is 0 Å². The summed E-state index contributed by atoms with van der Waals surface area (Å²) >= 11 is 0. The Morgan fingerprint density at radius 1 is 0.966 bits per heavy atom. The van der Waals surface area contributed by atoms with Crippen LogP contribution in [0.25, 0.3) is 0 Å². The van der Waals surface area contributed by atoms with Gasteiger partial charge in [0.25, 0.3) is 10.1 Å². The van der Waals surface area contributed by atoms with Crippen LogP contribution in [0, 0.1) is 0 Å². The molecule has 0 aliphatic heterocycles. The minimum atomic E-state index is -4.19. The summed E-state index contributed by atoms with van der Waals surface area (Å²) in [6, 6.07) is 24.6. The van der Waals surface area contributed by atoms with Gasteiger partial charge in [0.1, 0.15) is 5.75 Å². The molecule has 0 saturated heterocycles. The first-order chi connectivity index (χ1) is 13.9. The zero-order chi connectivity index (χ0) is 21.1. The van der Waals surface area contributed by atoms with E-state index in [1.165, 1.54) is 23.4 Å². The lowest BCUT2D eigenvalue weighted by atomic mass is 10.1. The van der Waals surface area contributed by atoms with Gasteiger partial charge in [0, 0.05) is 12.2 Å². The number of nitrogens with two attached hydrogens (primary N) is 1. The number of nitrogens with one attached hydrogen (secondary N) is 1. The van der Waals surface area contributed by atoms with Gasteiger partial charge in [-0.15, -0.1) is 0 Å². The maximum absolute atomic E-state index is 10.7. The Kier molecular flexibility index (Phi) is 8.51. The molecule has 6 nitrogen and oxygen atoms in total. The fourth-order valence-corrected chi connectivity index (χ4v) is 3.04. The molecule has 0 atom stereocenters. The van der Waals surface area contributed by atoms with Crippen molar-refractivity contribution in [3.05, 3.63) is 84.4 Å². The monoisotopic (exact) mass is 414 g/mol. The molecular formula is C22H26N2O4S. The van der Waals surface area contributed by atoms with E-state index in [1.807, 2.05) is 24.3 Å². The normalized spacial score (nSPS) is 10.6. The molecule has 0 aliphatic rings. The summed E-state index contributed by atoms with van der Waals surface area (Å²) in [6.45, 7) is 3.21. The Morgan fingerprint density at radius 3 is 2.14 bits per heavy atom. The van der Waals surface area contributed by atoms with Crippen molar-refractivity contribution < 1.29 is 17.7 Å². The Hall–Kier alpha value is -3.03. The predicted octanol–water partition coefficient (Wildman–Crippen LogP) is 4.26. The quantitative estimate of drug-likeness (QED) is 0.394. The van der Waals surface area contributed by atoms with Crippen LogP contribution >= 0.6 is 0 Å². The number of benzene rings is 3. The van der Waals surface area contributed by atoms with Crippen LogP contribution in [0.1, 0.15) is 12.5 Å². The van der Waals surface area contributed by atoms with Crippen molar-refractivity contribution in [2.45, 2.75) is 18.2 Å². The van der Waals surface area contributed by atoms with Crippen molar-refractivity contribution in [2.75, 3.05) is 24.2 Å². The number of rotatable bonds is 7. The molecule has 154 valence electrons. The molecule has 4 N–H and O–H groups in total. The van der Waals surface area contributed by atoms with Crippen molar-refractivity contribution in [1.82, 2.24) is 0 Å². The third kappa shape index (κ3) is 7.85. The average Bonchev–Trinajstić information content (AvgIpc) is 2.71. The Morgan fingerprint density at radius 2 is 1.59 bits per heavy atom. The zero-order valence-electron chi connectivity index (χ0n) is 16.3. The molecule has 29 heavy (non-hydrogen) atoms. The lowest BCUT2D eigenvalue weighted by molar-refractivity contribution is 0.342. The van der Waals surface area contributed by atoms with E-state index in [-0.39, 0.29) is 10.6 Å². The van der Waals surface area contributed by atoms with Gasteiger partial charge in [-0.3, -0.25) is 4.55 Å². The van der Waals surface area contributed by atoms with Gasteiger partial charge in [0.2, 0.25) is 0 Å². The summed E-state index contributed by atoms with van der Waals surface area (Å²) in [5.74, 6) is 0.403. The number of hydrogen-bond acceptors (Lipinski definition) is 5. The molecule has 0 amide bonds. The number of para-hydroxylation sites is 1. The fourth-order valence-electron chi connectivity index (χ4n) is 2.53. The van der Waals surface area contributed by atoms with E-state index >= 15 is 0 Å². The van der Waals surface area contributed by atoms with E-state index in [0.29, 0.717) is 12.4 Å². The fraction of sp³-hybridized carbons (Fsp3) is 0.182. The van der Waals surface area contributed by atoms with E-state index in [0.717, 1.165) is 19.0 Å². The highest BCUT2D eigenvalue weighted by Gasteiger charge is 2.11. The highest BCUT2D eigenvalue weighted by atomic mass is 32.2. The maximum Gasteiger partial charge on any atom is 0.294 e. The van der Waals surface area contributed by atoms with Gasteiger partial charge < -0.3 is 15.8 Å². The van der Waals surface area contributed by atoms with Crippen molar-refractivity contribution in [2.24, 2.45) is 0 Å². The second-order valence-corrected chi connectivity index (χ2v) is 7.56. The van der Waals surface area contributed by atoms with Crippen LogP contribution < -0.4 is 15.8 Å². The van der Waals surface area contributed by atoms with E-state index in [9.17, 15) is 8.42 Å².